The van der Waals surface area contributed by atoms with Crippen LogP contribution in [0.2, 0.25) is 0 Å². The Morgan fingerprint density at radius 1 is 1.21 bits per heavy atom. The van der Waals surface area contributed by atoms with Crippen molar-refractivity contribution in [3.05, 3.63) is 42.3 Å². The minimum absolute atomic E-state index is 0.0367. The third kappa shape index (κ3) is 8.84. The Morgan fingerprint density at radius 2 is 1.89 bits per heavy atom. The fraction of sp³-hybridized carbons (Fsp3) is 0.636. The molecule has 159 valence electrons. The molecular weight excluding hydrogens is 374 g/mol. The highest BCUT2D eigenvalue weighted by Crippen LogP contribution is 2.31. The van der Waals surface area contributed by atoms with Crippen molar-refractivity contribution in [2.24, 2.45) is 0 Å². The maximum absolute atomic E-state index is 11.8. The van der Waals surface area contributed by atoms with Crippen molar-refractivity contribution in [1.29, 1.82) is 0 Å². The monoisotopic (exact) mass is 410 g/mol. The molecule has 0 fully saturated rings. The van der Waals surface area contributed by atoms with E-state index in [-0.39, 0.29) is 24.2 Å². The quantitative estimate of drug-likeness (QED) is 0.419. The molecule has 0 aliphatic rings. The van der Waals surface area contributed by atoms with Crippen LogP contribution < -0.4 is 5.32 Å². The molecular formula is C22H36NO4S. The summed E-state index contributed by atoms with van der Waals surface area (Å²) >= 11 is 4.39. The van der Waals surface area contributed by atoms with Gasteiger partial charge in [-0.25, -0.2) is 4.79 Å². The number of aryl methyl sites for hydroxylation is 1. The van der Waals surface area contributed by atoms with Gasteiger partial charge in [0, 0.05) is 32.4 Å². The van der Waals surface area contributed by atoms with Gasteiger partial charge in [0.25, 0.3) is 0 Å². The number of carbonyl (C=O) groups excluding carboxylic acids is 1. The van der Waals surface area contributed by atoms with Gasteiger partial charge in [-0.3, -0.25) is 0 Å². The molecule has 0 aliphatic carbocycles. The van der Waals surface area contributed by atoms with E-state index in [1.165, 1.54) is 11.1 Å². The molecule has 1 radical (unpaired) electrons. The Labute approximate surface area is 175 Å². The van der Waals surface area contributed by atoms with Crippen LogP contribution in [0, 0.1) is 6.92 Å². The van der Waals surface area contributed by atoms with E-state index in [0.717, 1.165) is 19.3 Å². The molecule has 1 amide bonds. The van der Waals surface area contributed by atoms with E-state index in [1.807, 2.05) is 32.9 Å². The van der Waals surface area contributed by atoms with E-state index < -0.39 is 5.60 Å². The van der Waals surface area contributed by atoms with E-state index in [4.69, 9.17) is 14.2 Å². The molecule has 6 heteroatoms. The summed E-state index contributed by atoms with van der Waals surface area (Å²) in [5.41, 5.74) is 1.96. The Hall–Kier alpha value is -1.24. The van der Waals surface area contributed by atoms with Gasteiger partial charge in [-0.2, -0.15) is 12.6 Å². The number of hydrogen-bond donors (Lipinski definition) is 2. The number of ether oxygens (including phenoxy) is 3. The zero-order valence-electron chi connectivity index (χ0n) is 17.9. The summed E-state index contributed by atoms with van der Waals surface area (Å²) < 4.78 is 16.3. The predicted octanol–water partition coefficient (Wildman–Crippen LogP) is 4.41. The highest BCUT2D eigenvalue weighted by Gasteiger charge is 2.25. The van der Waals surface area contributed by atoms with Gasteiger partial charge in [0.2, 0.25) is 0 Å². The molecule has 0 heterocycles. The fourth-order valence-electron chi connectivity index (χ4n) is 3.08. The van der Waals surface area contributed by atoms with E-state index in [9.17, 15) is 4.79 Å². The first kappa shape index (κ1) is 24.8. The summed E-state index contributed by atoms with van der Waals surface area (Å²) in [4.78, 5) is 11.8. The van der Waals surface area contributed by atoms with Gasteiger partial charge >= 0.3 is 6.09 Å². The molecule has 0 spiro atoms. The second-order valence-electron chi connectivity index (χ2n) is 7.89. The summed E-state index contributed by atoms with van der Waals surface area (Å²) in [6.45, 7) is 10.3. The molecule has 0 aromatic heterocycles. The predicted molar refractivity (Wildman–Crippen MR) is 117 cm³/mol. The average Bonchev–Trinajstić information content (AvgIpc) is 2.65. The van der Waals surface area contributed by atoms with Crippen molar-refractivity contribution in [1.82, 2.24) is 5.32 Å². The maximum atomic E-state index is 11.8. The van der Waals surface area contributed by atoms with Gasteiger partial charge in [-0.15, -0.1) is 0 Å². The van der Waals surface area contributed by atoms with E-state index in [1.54, 1.807) is 14.2 Å². The number of methoxy groups -OCH3 is 2. The zero-order valence-corrected chi connectivity index (χ0v) is 18.8. The largest absolute Gasteiger partial charge is 0.444 e. The van der Waals surface area contributed by atoms with Crippen LogP contribution in [0.1, 0.15) is 50.7 Å². The number of amides is 1. The minimum atomic E-state index is -0.488. The molecule has 0 saturated carbocycles. The first-order chi connectivity index (χ1) is 13.2. The molecule has 1 N–H and O–H groups in total. The van der Waals surface area contributed by atoms with Crippen LogP contribution in [0.25, 0.3) is 0 Å². The topological polar surface area (TPSA) is 56.8 Å². The smallest absolute Gasteiger partial charge is 0.407 e. The lowest BCUT2D eigenvalue weighted by molar-refractivity contribution is 0.0527. The van der Waals surface area contributed by atoms with E-state index in [2.05, 4.69) is 37.0 Å². The van der Waals surface area contributed by atoms with Crippen molar-refractivity contribution in [3.8, 4) is 0 Å². The van der Waals surface area contributed by atoms with Gasteiger partial charge in [0.05, 0.1) is 12.2 Å². The Balaban J connectivity index is 2.77. The number of rotatable bonds is 11. The second-order valence-corrected chi connectivity index (χ2v) is 8.25. The Kier molecular flexibility index (Phi) is 10.9. The van der Waals surface area contributed by atoms with E-state index >= 15 is 0 Å². The molecule has 0 bridgehead atoms. The molecule has 28 heavy (non-hydrogen) atoms. The Bertz CT molecular complexity index is 584. The number of thiol groups is 1. The van der Waals surface area contributed by atoms with Crippen LogP contribution >= 0.6 is 12.6 Å². The highest BCUT2D eigenvalue weighted by molar-refractivity contribution is 7.80. The third-order valence-electron chi connectivity index (χ3n) is 4.55. The van der Waals surface area contributed by atoms with Crippen LogP contribution in [0.5, 0.6) is 0 Å². The molecule has 3 unspecified atom stereocenters. The lowest BCUT2D eigenvalue weighted by Crippen LogP contribution is -2.33. The second kappa shape index (κ2) is 12.3. The summed E-state index contributed by atoms with van der Waals surface area (Å²) in [6, 6.07) is 8.33. The normalized spacial score (nSPS) is 15.0. The molecule has 5 nitrogen and oxygen atoms in total. The van der Waals surface area contributed by atoms with Crippen LogP contribution in [0.4, 0.5) is 4.79 Å². The molecule has 0 saturated heterocycles. The van der Waals surface area contributed by atoms with Crippen LogP contribution in [0.15, 0.2) is 24.3 Å². The van der Waals surface area contributed by atoms with Crippen LogP contribution in [-0.4, -0.2) is 50.4 Å². The zero-order chi connectivity index (χ0) is 21.2. The van der Waals surface area contributed by atoms with Gasteiger partial charge in [0.1, 0.15) is 5.60 Å². The van der Waals surface area contributed by atoms with Gasteiger partial charge in [-0.1, -0.05) is 24.3 Å². The lowest BCUT2D eigenvalue weighted by Gasteiger charge is -2.28. The maximum Gasteiger partial charge on any atom is 0.407 e. The molecule has 1 rings (SSSR count). The molecule has 0 aliphatic heterocycles. The van der Waals surface area contributed by atoms with Gasteiger partial charge < -0.3 is 19.5 Å². The lowest BCUT2D eigenvalue weighted by atomic mass is 9.85. The highest BCUT2D eigenvalue weighted by atomic mass is 32.1. The number of nitrogens with one attached hydrogen (secondary N) is 1. The van der Waals surface area contributed by atoms with Gasteiger partial charge in [0.15, 0.2) is 0 Å². The van der Waals surface area contributed by atoms with Crippen molar-refractivity contribution in [2.75, 3.05) is 26.5 Å². The molecule has 1 aromatic carbocycles. The molecule has 1 aromatic rings. The number of alkyl carbamates (subject to hydrolysis) is 1. The third-order valence-corrected chi connectivity index (χ3v) is 4.96. The average molecular weight is 411 g/mol. The fourth-order valence-corrected chi connectivity index (χ4v) is 3.38. The van der Waals surface area contributed by atoms with E-state index in [0.29, 0.717) is 12.3 Å². The van der Waals surface area contributed by atoms with Crippen LogP contribution in [0.3, 0.4) is 0 Å². The summed E-state index contributed by atoms with van der Waals surface area (Å²) in [6.07, 6.45) is 1.92. The SMILES string of the molecule is [CH2]C(OC)C(CC(CS)OC)c1ccccc1CCCNC(=O)OC(C)(C)C. The number of benzene rings is 1. The Morgan fingerprint density at radius 3 is 2.46 bits per heavy atom. The number of hydrogen-bond acceptors (Lipinski definition) is 5. The standard InChI is InChI=1S/C22H36NO4S/c1-16(25-5)20(14-18(15-28)26-6)19-12-8-7-10-17(19)11-9-13-23-21(24)27-22(2,3)4/h7-8,10,12,16,18,20,28H,1,9,11,13-15H2,2-6H3,(H,23,24). The van der Waals surface area contributed by atoms with Gasteiger partial charge in [-0.05, 0) is 58.1 Å². The molecule has 3 atom stereocenters. The number of carbonyl (C=O) groups is 1. The minimum Gasteiger partial charge on any atom is -0.444 e. The first-order valence-corrected chi connectivity index (χ1v) is 10.4. The van der Waals surface area contributed by atoms with Crippen molar-refractivity contribution in [3.63, 3.8) is 0 Å². The van der Waals surface area contributed by atoms with Crippen molar-refractivity contribution in [2.45, 2.75) is 63.8 Å². The summed E-state index contributed by atoms with van der Waals surface area (Å²) in [5.74, 6) is 0.753. The summed E-state index contributed by atoms with van der Waals surface area (Å²) in [7, 11) is 3.39. The summed E-state index contributed by atoms with van der Waals surface area (Å²) in [5, 5.41) is 2.81. The van der Waals surface area contributed by atoms with Crippen molar-refractivity contribution < 1.29 is 19.0 Å². The van der Waals surface area contributed by atoms with Crippen molar-refractivity contribution >= 4 is 18.7 Å². The van der Waals surface area contributed by atoms with Crippen LogP contribution in [-0.2, 0) is 20.6 Å². The first-order valence-electron chi connectivity index (χ1n) is 9.76.